The Morgan fingerprint density at radius 2 is 2.25 bits per heavy atom. The summed E-state index contributed by atoms with van der Waals surface area (Å²) in [5.41, 5.74) is 0. The smallest absolute Gasteiger partial charge is 0.220 e. The average molecular weight is 294 g/mol. The lowest BCUT2D eigenvalue weighted by atomic mass is 10.2. The van der Waals surface area contributed by atoms with Gasteiger partial charge < -0.3 is 14.8 Å². The molecule has 1 unspecified atom stereocenters. The molecule has 1 saturated heterocycles. The van der Waals surface area contributed by atoms with Crippen LogP contribution in [0.2, 0.25) is 0 Å². The van der Waals surface area contributed by atoms with Gasteiger partial charge in [-0.3, -0.25) is 4.79 Å². The third-order valence-corrected chi connectivity index (χ3v) is 2.94. The number of nitrogens with one attached hydrogen (secondary N) is 1. The highest BCUT2D eigenvalue weighted by Crippen LogP contribution is 2.21. The fourth-order valence-corrected chi connectivity index (χ4v) is 1.96. The van der Waals surface area contributed by atoms with Crippen LogP contribution >= 0.6 is 15.9 Å². The van der Waals surface area contributed by atoms with Crippen LogP contribution in [0.25, 0.3) is 0 Å². The molecular weight excluding hydrogens is 274 g/mol. The summed E-state index contributed by atoms with van der Waals surface area (Å²) in [7, 11) is 0. The highest BCUT2D eigenvalue weighted by Gasteiger charge is 2.32. The molecule has 5 heteroatoms. The largest absolute Gasteiger partial charge is 0.353 e. The summed E-state index contributed by atoms with van der Waals surface area (Å²) in [5, 5.41) is 3.81. The minimum atomic E-state index is -0.509. The maximum Gasteiger partial charge on any atom is 0.220 e. The number of hydrogen-bond acceptors (Lipinski definition) is 3. The van der Waals surface area contributed by atoms with E-state index in [-0.39, 0.29) is 12.0 Å². The van der Waals surface area contributed by atoms with Gasteiger partial charge in [-0.2, -0.15) is 0 Å². The van der Waals surface area contributed by atoms with Crippen LogP contribution in [0.3, 0.4) is 0 Å². The first-order valence-corrected chi connectivity index (χ1v) is 6.80. The van der Waals surface area contributed by atoms with Crippen molar-refractivity contribution in [3.05, 3.63) is 0 Å². The van der Waals surface area contributed by atoms with Crippen LogP contribution in [-0.4, -0.2) is 36.3 Å². The summed E-state index contributed by atoms with van der Waals surface area (Å²) in [5.74, 6) is -0.417. The third kappa shape index (κ3) is 5.27. The van der Waals surface area contributed by atoms with Crippen LogP contribution in [0, 0.1) is 0 Å². The third-order valence-electron chi connectivity index (χ3n) is 2.38. The first kappa shape index (κ1) is 13.9. The fraction of sp³-hybridized carbons (Fsp3) is 0.909. The number of carbonyl (C=O) groups excluding carboxylic acids is 1. The predicted octanol–water partition coefficient (Wildman–Crippen LogP) is 1.82. The molecule has 1 aliphatic heterocycles. The minimum absolute atomic E-state index is 0.0184. The molecule has 1 rings (SSSR count). The van der Waals surface area contributed by atoms with Crippen LogP contribution < -0.4 is 5.32 Å². The van der Waals surface area contributed by atoms with Gasteiger partial charge in [0.05, 0.1) is 6.61 Å². The van der Waals surface area contributed by atoms with Crippen molar-refractivity contribution >= 4 is 21.8 Å². The normalized spacial score (nSPS) is 23.3. The van der Waals surface area contributed by atoms with Crippen molar-refractivity contribution in [1.82, 2.24) is 5.32 Å². The average Bonchev–Trinajstić information content (AvgIpc) is 2.56. The van der Waals surface area contributed by atoms with Crippen LogP contribution in [0.5, 0.6) is 0 Å². The molecule has 16 heavy (non-hydrogen) atoms. The summed E-state index contributed by atoms with van der Waals surface area (Å²) < 4.78 is 11.0. The van der Waals surface area contributed by atoms with Crippen molar-refractivity contribution in [2.24, 2.45) is 0 Å². The lowest BCUT2D eigenvalue weighted by Gasteiger charge is -2.17. The second kappa shape index (κ2) is 6.57. The van der Waals surface area contributed by atoms with Gasteiger partial charge in [0.1, 0.15) is 6.10 Å². The van der Waals surface area contributed by atoms with E-state index in [0.717, 1.165) is 18.2 Å². The van der Waals surface area contributed by atoms with Crippen molar-refractivity contribution in [3.8, 4) is 0 Å². The van der Waals surface area contributed by atoms with Crippen molar-refractivity contribution in [1.29, 1.82) is 0 Å². The Balaban J connectivity index is 2.08. The van der Waals surface area contributed by atoms with E-state index in [9.17, 15) is 4.79 Å². The van der Waals surface area contributed by atoms with Gasteiger partial charge in [0.25, 0.3) is 0 Å². The number of ether oxygens (including phenoxy) is 2. The van der Waals surface area contributed by atoms with E-state index in [1.54, 1.807) is 0 Å². The van der Waals surface area contributed by atoms with E-state index in [0.29, 0.717) is 19.6 Å². The van der Waals surface area contributed by atoms with Gasteiger partial charge in [-0.25, -0.2) is 0 Å². The van der Waals surface area contributed by atoms with Crippen LogP contribution in [0.4, 0.5) is 0 Å². The highest BCUT2D eigenvalue weighted by atomic mass is 79.9. The SMILES string of the molecule is CC1(C)OCC(CNC(=O)CCCCBr)O1. The number of alkyl halides is 1. The molecular formula is C11H20BrNO3. The van der Waals surface area contributed by atoms with Gasteiger partial charge in [0.15, 0.2) is 5.79 Å². The molecule has 1 aliphatic rings. The molecule has 1 heterocycles. The lowest BCUT2D eigenvalue weighted by molar-refractivity contribution is -0.139. The molecule has 1 fully saturated rings. The molecule has 1 amide bonds. The molecule has 0 saturated carbocycles. The molecule has 0 bridgehead atoms. The Kier molecular flexibility index (Phi) is 5.72. The van der Waals surface area contributed by atoms with Crippen LogP contribution in [-0.2, 0) is 14.3 Å². The molecule has 1 N–H and O–H groups in total. The van der Waals surface area contributed by atoms with Crippen LogP contribution in [0.1, 0.15) is 33.1 Å². The zero-order valence-electron chi connectivity index (χ0n) is 9.92. The Bertz CT molecular complexity index is 233. The standard InChI is InChI=1S/C11H20BrNO3/c1-11(2)15-8-9(16-11)7-13-10(14)5-3-4-6-12/h9H,3-8H2,1-2H3,(H,13,14). The van der Waals surface area contributed by atoms with E-state index in [4.69, 9.17) is 9.47 Å². The summed E-state index contributed by atoms with van der Waals surface area (Å²) >= 11 is 3.34. The summed E-state index contributed by atoms with van der Waals surface area (Å²) in [6, 6.07) is 0. The molecule has 0 aromatic carbocycles. The van der Waals surface area contributed by atoms with Gasteiger partial charge >= 0.3 is 0 Å². The van der Waals surface area contributed by atoms with E-state index < -0.39 is 5.79 Å². The number of rotatable bonds is 6. The number of halogens is 1. The topological polar surface area (TPSA) is 47.6 Å². The molecule has 0 aromatic heterocycles. The van der Waals surface area contributed by atoms with Gasteiger partial charge in [-0.05, 0) is 26.7 Å². The van der Waals surface area contributed by atoms with E-state index in [1.807, 2.05) is 13.8 Å². The Hall–Kier alpha value is -0.130. The fourth-order valence-electron chi connectivity index (χ4n) is 1.56. The number of hydrogen-bond donors (Lipinski definition) is 1. The highest BCUT2D eigenvalue weighted by molar-refractivity contribution is 9.09. The summed E-state index contributed by atoms with van der Waals surface area (Å²) in [6.45, 7) is 4.85. The van der Waals surface area contributed by atoms with E-state index in [1.165, 1.54) is 0 Å². The minimum Gasteiger partial charge on any atom is -0.353 e. The summed E-state index contributed by atoms with van der Waals surface area (Å²) in [4.78, 5) is 11.4. The first-order chi connectivity index (χ1) is 7.53. The summed E-state index contributed by atoms with van der Waals surface area (Å²) in [6.07, 6.45) is 2.52. The van der Waals surface area contributed by atoms with Crippen molar-refractivity contribution in [2.45, 2.75) is 45.0 Å². The zero-order valence-corrected chi connectivity index (χ0v) is 11.5. The van der Waals surface area contributed by atoms with Gasteiger partial charge in [-0.1, -0.05) is 15.9 Å². The van der Waals surface area contributed by atoms with Gasteiger partial charge in [-0.15, -0.1) is 0 Å². The van der Waals surface area contributed by atoms with Crippen molar-refractivity contribution in [2.75, 3.05) is 18.5 Å². The zero-order chi connectivity index (χ0) is 12.0. The number of amides is 1. The number of carbonyl (C=O) groups is 1. The number of unbranched alkanes of at least 4 members (excludes halogenated alkanes) is 1. The molecule has 0 aliphatic carbocycles. The second-order valence-corrected chi connectivity index (χ2v) is 5.19. The van der Waals surface area contributed by atoms with Crippen molar-refractivity contribution in [3.63, 3.8) is 0 Å². The lowest BCUT2D eigenvalue weighted by Crippen LogP contribution is -2.34. The van der Waals surface area contributed by atoms with Gasteiger partial charge in [0.2, 0.25) is 5.91 Å². The quantitative estimate of drug-likeness (QED) is 0.600. The first-order valence-electron chi connectivity index (χ1n) is 5.68. The van der Waals surface area contributed by atoms with E-state index >= 15 is 0 Å². The van der Waals surface area contributed by atoms with E-state index in [2.05, 4.69) is 21.2 Å². The molecule has 4 nitrogen and oxygen atoms in total. The maximum absolute atomic E-state index is 11.4. The molecule has 1 atom stereocenters. The molecule has 94 valence electrons. The Morgan fingerprint density at radius 3 is 2.81 bits per heavy atom. The predicted molar refractivity (Wildman–Crippen MR) is 65.6 cm³/mol. The monoisotopic (exact) mass is 293 g/mol. The molecule has 0 spiro atoms. The van der Waals surface area contributed by atoms with Crippen LogP contribution in [0.15, 0.2) is 0 Å². The maximum atomic E-state index is 11.4. The van der Waals surface area contributed by atoms with Gasteiger partial charge in [0, 0.05) is 18.3 Å². The second-order valence-electron chi connectivity index (χ2n) is 4.40. The Morgan fingerprint density at radius 1 is 1.50 bits per heavy atom. The van der Waals surface area contributed by atoms with Crippen molar-refractivity contribution < 1.29 is 14.3 Å². The Labute approximate surface area is 105 Å². The molecule has 0 aromatic rings. The molecule has 0 radical (unpaired) electrons.